The minimum atomic E-state index is -0.688. The summed E-state index contributed by atoms with van der Waals surface area (Å²) in [6, 6.07) is 12.2. The number of rotatable bonds is 9. The average molecular weight is 496 g/mol. The maximum Gasteiger partial charge on any atom is 0.259 e. The highest BCUT2D eigenvalue weighted by atomic mass is 32.2. The molecule has 2 aliphatic heterocycles. The van der Waals surface area contributed by atoms with Gasteiger partial charge in [0.05, 0.1) is 11.4 Å². The number of unbranched alkanes of at least 4 members (excludes halogenated alkanes) is 1. The molecule has 0 radical (unpaired) electrons. The number of amidine groups is 2. The maximum absolute atomic E-state index is 13.2. The predicted octanol–water partition coefficient (Wildman–Crippen LogP) is 3.85. The predicted molar refractivity (Wildman–Crippen MR) is 135 cm³/mol. The summed E-state index contributed by atoms with van der Waals surface area (Å²) < 4.78 is 13.1. The number of amides is 3. The van der Waals surface area contributed by atoms with Gasteiger partial charge in [0.15, 0.2) is 5.17 Å². The zero-order valence-corrected chi connectivity index (χ0v) is 20.1. The van der Waals surface area contributed by atoms with Crippen molar-refractivity contribution in [3.63, 3.8) is 0 Å². The number of halogens is 1. The molecule has 0 fully saturated rings. The summed E-state index contributed by atoms with van der Waals surface area (Å²) in [5.41, 5.74) is 1.87. The zero-order chi connectivity index (χ0) is 24.8. The first-order chi connectivity index (χ1) is 17.0. The van der Waals surface area contributed by atoms with Gasteiger partial charge in [0.1, 0.15) is 17.7 Å². The second kappa shape index (κ2) is 11.3. The summed E-state index contributed by atoms with van der Waals surface area (Å²) >= 11 is 1.12. The molecule has 0 spiro atoms. The second-order valence-electron chi connectivity index (χ2n) is 8.14. The number of aliphatic imine (C=N–C) groups is 2. The van der Waals surface area contributed by atoms with Gasteiger partial charge in [-0.15, -0.1) is 0 Å². The summed E-state index contributed by atoms with van der Waals surface area (Å²) in [4.78, 5) is 48.5. The Morgan fingerprint density at radius 3 is 2.66 bits per heavy atom. The number of nitrogens with zero attached hydrogens (tertiary/aromatic N) is 3. The molecule has 0 unspecified atom stereocenters. The number of thioether (sulfide) groups is 1. The van der Waals surface area contributed by atoms with Crippen LogP contribution in [-0.2, 0) is 14.4 Å². The Bertz CT molecular complexity index is 1180. The highest BCUT2D eigenvalue weighted by molar-refractivity contribution is 8.14. The van der Waals surface area contributed by atoms with Crippen LogP contribution in [0.15, 0.2) is 58.5 Å². The van der Waals surface area contributed by atoms with Crippen molar-refractivity contribution in [2.24, 2.45) is 9.98 Å². The van der Waals surface area contributed by atoms with Crippen LogP contribution >= 0.6 is 11.8 Å². The molecule has 2 N–H and O–H groups in total. The fourth-order valence-corrected chi connectivity index (χ4v) is 4.51. The van der Waals surface area contributed by atoms with Crippen molar-refractivity contribution < 1.29 is 18.8 Å². The van der Waals surface area contributed by atoms with Crippen LogP contribution in [0.4, 0.5) is 15.8 Å². The van der Waals surface area contributed by atoms with E-state index in [4.69, 9.17) is 0 Å². The molecule has 8 nitrogen and oxygen atoms in total. The SMILES string of the molecule is CCCCNC(=O)CC[C@@H]1N=C2c3ccccc3N=C(SCC(=O)Nc3ccc(F)cc3)N2C1=O. The van der Waals surface area contributed by atoms with Crippen LogP contribution < -0.4 is 10.6 Å². The Kier molecular flexibility index (Phi) is 7.91. The molecular weight excluding hydrogens is 469 g/mol. The minimum absolute atomic E-state index is 0.0000617. The van der Waals surface area contributed by atoms with Crippen molar-refractivity contribution >= 4 is 51.9 Å². The molecule has 35 heavy (non-hydrogen) atoms. The fraction of sp³-hybridized carbons (Fsp3) is 0.320. The van der Waals surface area contributed by atoms with Gasteiger partial charge >= 0.3 is 0 Å². The van der Waals surface area contributed by atoms with Crippen molar-refractivity contribution in [1.82, 2.24) is 10.2 Å². The minimum Gasteiger partial charge on any atom is -0.356 e. The van der Waals surface area contributed by atoms with E-state index < -0.39 is 6.04 Å². The molecule has 2 aromatic carbocycles. The second-order valence-corrected chi connectivity index (χ2v) is 9.08. The number of fused-ring (bicyclic) bond motifs is 3. The Balaban J connectivity index is 1.44. The lowest BCUT2D eigenvalue weighted by Crippen LogP contribution is -2.41. The van der Waals surface area contributed by atoms with Gasteiger partial charge in [-0.25, -0.2) is 14.3 Å². The van der Waals surface area contributed by atoms with E-state index in [0.717, 1.165) is 30.2 Å². The molecule has 2 aliphatic rings. The van der Waals surface area contributed by atoms with Gasteiger partial charge in [-0.1, -0.05) is 37.2 Å². The quantitative estimate of drug-likeness (QED) is 0.516. The van der Waals surface area contributed by atoms with Crippen molar-refractivity contribution in [2.45, 2.75) is 38.6 Å². The van der Waals surface area contributed by atoms with Gasteiger partial charge in [-0.3, -0.25) is 19.4 Å². The highest BCUT2D eigenvalue weighted by Crippen LogP contribution is 2.34. The fourth-order valence-electron chi connectivity index (χ4n) is 3.71. The first-order valence-electron chi connectivity index (χ1n) is 11.5. The molecule has 0 saturated carbocycles. The summed E-state index contributed by atoms with van der Waals surface area (Å²) in [7, 11) is 0. The molecule has 0 saturated heterocycles. The third-order valence-corrected chi connectivity index (χ3v) is 6.44. The molecule has 0 bridgehead atoms. The maximum atomic E-state index is 13.2. The summed E-state index contributed by atoms with van der Waals surface area (Å²) in [5.74, 6) is -0.578. The van der Waals surface area contributed by atoms with Crippen LogP contribution in [0.25, 0.3) is 0 Å². The Labute approximate surface area is 207 Å². The number of benzene rings is 2. The van der Waals surface area contributed by atoms with E-state index in [-0.39, 0.29) is 35.7 Å². The molecule has 4 rings (SSSR count). The van der Waals surface area contributed by atoms with Crippen LogP contribution in [-0.4, -0.2) is 52.0 Å². The number of para-hydroxylation sites is 1. The normalized spacial score (nSPS) is 16.2. The summed E-state index contributed by atoms with van der Waals surface area (Å²) in [6.45, 7) is 2.67. The number of anilines is 1. The van der Waals surface area contributed by atoms with Crippen LogP contribution in [0.2, 0.25) is 0 Å². The van der Waals surface area contributed by atoms with Gasteiger partial charge in [0, 0.05) is 24.2 Å². The molecule has 0 aromatic heterocycles. The monoisotopic (exact) mass is 495 g/mol. The molecule has 182 valence electrons. The molecule has 2 heterocycles. The number of carbonyl (C=O) groups is 3. The van der Waals surface area contributed by atoms with E-state index in [1.54, 1.807) is 0 Å². The number of nitrogens with one attached hydrogen (secondary N) is 2. The Morgan fingerprint density at radius 2 is 1.89 bits per heavy atom. The largest absolute Gasteiger partial charge is 0.356 e. The third kappa shape index (κ3) is 5.94. The van der Waals surface area contributed by atoms with Crippen molar-refractivity contribution in [3.05, 3.63) is 59.9 Å². The Morgan fingerprint density at radius 1 is 1.11 bits per heavy atom. The molecule has 2 aromatic rings. The van der Waals surface area contributed by atoms with E-state index in [9.17, 15) is 18.8 Å². The molecular formula is C25H26FN5O3S. The van der Waals surface area contributed by atoms with Crippen molar-refractivity contribution in [3.8, 4) is 0 Å². The van der Waals surface area contributed by atoms with Crippen LogP contribution in [0.1, 0.15) is 38.2 Å². The van der Waals surface area contributed by atoms with Gasteiger partial charge in [0.25, 0.3) is 5.91 Å². The van der Waals surface area contributed by atoms with E-state index in [1.165, 1.54) is 29.2 Å². The van der Waals surface area contributed by atoms with Crippen LogP contribution in [0.3, 0.4) is 0 Å². The lowest BCUT2D eigenvalue weighted by molar-refractivity contribution is -0.125. The van der Waals surface area contributed by atoms with Gasteiger partial charge in [0.2, 0.25) is 11.8 Å². The number of hydrogen-bond acceptors (Lipinski definition) is 6. The van der Waals surface area contributed by atoms with Gasteiger partial charge < -0.3 is 10.6 Å². The summed E-state index contributed by atoms with van der Waals surface area (Å²) in [6.07, 6.45) is 2.39. The van der Waals surface area contributed by atoms with E-state index >= 15 is 0 Å². The first kappa shape index (κ1) is 24.6. The van der Waals surface area contributed by atoms with Crippen LogP contribution in [0.5, 0.6) is 0 Å². The van der Waals surface area contributed by atoms with Gasteiger partial charge in [-0.2, -0.15) is 0 Å². The zero-order valence-electron chi connectivity index (χ0n) is 19.3. The summed E-state index contributed by atoms with van der Waals surface area (Å²) in [5, 5.41) is 5.92. The number of carbonyl (C=O) groups excluding carboxylic acids is 3. The van der Waals surface area contributed by atoms with E-state index in [1.807, 2.05) is 24.3 Å². The topological polar surface area (TPSA) is 103 Å². The lowest BCUT2D eigenvalue weighted by Gasteiger charge is -2.25. The average Bonchev–Trinajstić information content (AvgIpc) is 3.19. The third-order valence-electron chi connectivity index (χ3n) is 5.51. The lowest BCUT2D eigenvalue weighted by atomic mass is 10.1. The molecule has 3 amide bonds. The number of hydrogen-bond donors (Lipinski definition) is 2. The molecule has 0 aliphatic carbocycles. The Hall–Kier alpha value is -3.53. The molecule has 1 atom stereocenters. The highest BCUT2D eigenvalue weighted by Gasteiger charge is 2.41. The molecule has 10 heteroatoms. The smallest absolute Gasteiger partial charge is 0.259 e. The van der Waals surface area contributed by atoms with Crippen molar-refractivity contribution in [2.75, 3.05) is 17.6 Å². The first-order valence-corrected chi connectivity index (χ1v) is 12.5. The van der Waals surface area contributed by atoms with E-state index in [0.29, 0.717) is 35.3 Å². The standard InChI is InChI=1S/C25H26FN5O3S/c1-2-3-14-27-21(32)13-12-20-24(34)31-23(29-20)18-6-4-5-7-19(18)30-25(31)35-15-22(33)28-17-10-8-16(26)9-11-17/h4-11,20H,2-3,12-15H2,1H3,(H,27,32)(H,28,33)/t20-/m0/s1. The van der Waals surface area contributed by atoms with Crippen molar-refractivity contribution in [1.29, 1.82) is 0 Å². The van der Waals surface area contributed by atoms with Crippen LogP contribution in [0, 0.1) is 5.82 Å². The van der Waals surface area contributed by atoms with Gasteiger partial charge in [-0.05, 0) is 49.2 Å². The van der Waals surface area contributed by atoms with E-state index in [2.05, 4.69) is 27.5 Å².